The van der Waals surface area contributed by atoms with Gasteiger partial charge in [-0.1, -0.05) is 0 Å². The first-order valence-corrected chi connectivity index (χ1v) is 4.34. The number of rotatable bonds is 7. The van der Waals surface area contributed by atoms with Crippen molar-refractivity contribution in [2.24, 2.45) is 0 Å². The van der Waals surface area contributed by atoms with Gasteiger partial charge in [-0.2, -0.15) is 0 Å². The lowest BCUT2D eigenvalue weighted by Gasteiger charge is -2.14. The van der Waals surface area contributed by atoms with Gasteiger partial charge in [-0.25, -0.2) is 8.84 Å². The summed E-state index contributed by atoms with van der Waals surface area (Å²) in [5.74, 6) is -2.11. The predicted molar refractivity (Wildman–Crippen MR) is 50.1 cm³/mol. The summed E-state index contributed by atoms with van der Waals surface area (Å²) in [7, 11) is 0. The van der Waals surface area contributed by atoms with Crippen molar-refractivity contribution in [1.82, 2.24) is 8.84 Å². The number of hydrogen-bond donors (Lipinski definition) is 2. The first kappa shape index (κ1) is 13.4. The van der Waals surface area contributed by atoms with Crippen molar-refractivity contribution in [2.75, 3.05) is 26.2 Å². The molecular weight excluding hydrogens is 235 g/mol. The molecule has 0 bridgehead atoms. The van der Waals surface area contributed by atoms with E-state index < -0.39 is 11.9 Å². The molecule has 0 heterocycles. The van der Waals surface area contributed by atoms with Crippen LogP contribution in [0.4, 0.5) is 0 Å². The van der Waals surface area contributed by atoms with Crippen LogP contribution < -0.4 is 0 Å². The van der Waals surface area contributed by atoms with Crippen molar-refractivity contribution in [1.29, 1.82) is 0 Å². The van der Waals surface area contributed by atoms with Crippen molar-refractivity contribution in [3.05, 3.63) is 0 Å². The molecule has 14 heavy (non-hydrogen) atoms. The zero-order chi connectivity index (χ0) is 11.1. The fourth-order valence-corrected chi connectivity index (χ4v) is 1.02. The highest BCUT2D eigenvalue weighted by Gasteiger charge is 2.10. The number of aliphatic carboxylic acids is 2. The van der Waals surface area contributed by atoms with Crippen LogP contribution in [0.1, 0.15) is 0 Å². The normalized spacial score (nSPS) is 10.9. The number of hydrogen-bond acceptors (Lipinski definition) is 4. The molecule has 0 aliphatic heterocycles. The quantitative estimate of drug-likeness (QED) is 0.617. The Balaban J connectivity index is 3.60. The van der Waals surface area contributed by atoms with Crippen molar-refractivity contribution >= 4 is 35.5 Å². The SMILES string of the molecule is O=C(O)CN(Cl)CCN(Cl)CC(=O)O. The van der Waals surface area contributed by atoms with Gasteiger partial charge in [0.15, 0.2) is 0 Å². The molecule has 0 aliphatic rings. The molecule has 0 aromatic carbocycles. The van der Waals surface area contributed by atoms with Gasteiger partial charge in [0.25, 0.3) is 0 Å². The molecular formula is C6H10Cl2N2O4. The van der Waals surface area contributed by atoms with E-state index in [-0.39, 0.29) is 26.2 Å². The minimum atomic E-state index is -1.06. The van der Waals surface area contributed by atoms with Crippen LogP contribution in [0.2, 0.25) is 0 Å². The Morgan fingerprint density at radius 1 is 0.929 bits per heavy atom. The Kier molecular flexibility index (Phi) is 6.56. The molecule has 0 aromatic rings. The van der Waals surface area contributed by atoms with E-state index in [2.05, 4.69) is 0 Å². The Bertz CT molecular complexity index is 192. The first-order valence-electron chi connectivity index (χ1n) is 3.67. The summed E-state index contributed by atoms with van der Waals surface area (Å²) >= 11 is 11.0. The second kappa shape index (κ2) is 6.83. The van der Waals surface area contributed by atoms with Gasteiger partial charge in [-0.3, -0.25) is 9.59 Å². The Labute approximate surface area is 90.8 Å². The summed E-state index contributed by atoms with van der Waals surface area (Å²) in [4.78, 5) is 20.3. The molecule has 0 atom stereocenters. The maximum atomic E-state index is 10.2. The van der Waals surface area contributed by atoms with Crippen molar-refractivity contribution in [3.8, 4) is 0 Å². The predicted octanol–water partition coefficient (Wildman–Crippen LogP) is 0.0672. The Hall–Kier alpha value is -0.560. The monoisotopic (exact) mass is 244 g/mol. The average molecular weight is 245 g/mol. The van der Waals surface area contributed by atoms with Crippen LogP contribution in [0.5, 0.6) is 0 Å². The maximum Gasteiger partial charge on any atom is 0.319 e. The molecule has 6 nitrogen and oxygen atoms in total. The molecule has 0 saturated carbocycles. The molecule has 82 valence electrons. The lowest BCUT2D eigenvalue weighted by atomic mass is 10.5. The molecule has 0 spiro atoms. The van der Waals surface area contributed by atoms with E-state index in [0.29, 0.717) is 0 Å². The second-order valence-corrected chi connectivity index (χ2v) is 3.43. The van der Waals surface area contributed by atoms with Crippen molar-refractivity contribution in [2.45, 2.75) is 0 Å². The van der Waals surface area contributed by atoms with Gasteiger partial charge in [0.1, 0.15) is 13.1 Å². The molecule has 0 rings (SSSR count). The third-order valence-corrected chi connectivity index (χ3v) is 1.78. The van der Waals surface area contributed by atoms with E-state index in [1.165, 1.54) is 0 Å². The van der Waals surface area contributed by atoms with Crippen LogP contribution in [-0.2, 0) is 9.59 Å². The molecule has 0 aromatic heterocycles. The van der Waals surface area contributed by atoms with E-state index in [1.54, 1.807) is 0 Å². The largest absolute Gasteiger partial charge is 0.480 e. The van der Waals surface area contributed by atoms with Crippen LogP contribution in [0, 0.1) is 0 Å². The molecule has 8 heteroatoms. The van der Waals surface area contributed by atoms with Crippen molar-refractivity contribution < 1.29 is 19.8 Å². The number of carbonyl (C=O) groups is 2. The fraction of sp³-hybridized carbons (Fsp3) is 0.667. The van der Waals surface area contributed by atoms with Crippen LogP contribution in [-0.4, -0.2) is 57.2 Å². The van der Waals surface area contributed by atoms with Gasteiger partial charge < -0.3 is 10.2 Å². The number of carboxylic acids is 2. The zero-order valence-electron chi connectivity index (χ0n) is 7.19. The van der Waals surface area contributed by atoms with Crippen molar-refractivity contribution in [3.63, 3.8) is 0 Å². The van der Waals surface area contributed by atoms with Gasteiger partial charge in [0.2, 0.25) is 0 Å². The maximum absolute atomic E-state index is 10.2. The molecule has 0 aliphatic carbocycles. The minimum Gasteiger partial charge on any atom is -0.480 e. The molecule has 2 N–H and O–H groups in total. The summed E-state index contributed by atoms with van der Waals surface area (Å²) in [5.41, 5.74) is 0. The van der Waals surface area contributed by atoms with Gasteiger partial charge >= 0.3 is 11.9 Å². The van der Waals surface area contributed by atoms with Gasteiger partial charge in [-0.15, -0.1) is 0 Å². The van der Waals surface area contributed by atoms with E-state index in [1.807, 2.05) is 0 Å². The number of halogens is 2. The van der Waals surface area contributed by atoms with Gasteiger partial charge in [0, 0.05) is 13.1 Å². The molecule has 0 radical (unpaired) electrons. The lowest BCUT2D eigenvalue weighted by Crippen LogP contribution is -2.31. The third kappa shape index (κ3) is 8.06. The smallest absolute Gasteiger partial charge is 0.319 e. The van der Waals surface area contributed by atoms with Crippen LogP contribution >= 0.6 is 23.6 Å². The average Bonchev–Trinajstić information content (AvgIpc) is 1.98. The molecule has 0 amide bonds. The standard InChI is InChI=1S/C6H10Cl2N2O4/c7-9(3-5(11)12)1-2-10(8)4-6(13)14/h1-4H2,(H,11,12)(H,13,14). The molecule has 0 unspecified atom stereocenters. The summed E-state index contributed by atoms with van der Waals surface area (Å²) in [6.45, 7) is -0.298. The van der Waals surface area contributed by atoms with Crippen LogP contribution in [0.3, 0.4) is 0 Å². The summed E-state index contributed by atoms with van der Waals surface area (Å²) in [6.07, 6.45) is 0. The molecule has 0 fully saturated rings. The Morgan fingerprint density at radius 2 is 1.21 bits per heavy atom. The lowest BCUT2D eigenvalue weighted by molar-refractivity contribution is -0.138. The topological polar surface area (TPSA) is 81.1 Å². The second-order valence-electron chi connectivity index (χ2n) is 2.48. The van der Waals surface area contributed by atoms with E-state index >= 15 is 0 Å². The number of nitrogens with zero attached hydrogens (tertiary/aromatic N) is 2. The zero-order valence-corrected chi connectivity index (χ0v) is 8.70. The van der Waals surface area contributed by atoms with Crippen LogP contribution in [0.15, 0.2) is 0 Å². The van der Waals surface area contributed by atoms with Gasteiger partial charge in [-0.05, 0) is 23.6 Å². The van der Waals surface area contributed by atoms with E-state index in [4.69, 9.17) is 33.8 Å². The Morgan fingerprint density at radius 3 is 1.43 bits per heavy atom. The summed E-state index contributed by atoms with van der Waals surface area (Å²) in [5, 5.41) is 16.7. The first-order chi connectivity index (χ1) is 6.41. The highest BCUT2D eigenvalue weighted by atomic mass is 35.5. The highest BCUT2D eigenvalue weighted by molar-refractivity contribution is 6.15. The summed E-state index contributed by atoms with van der Waals surface area (Å²) < 4.78 is 2.03. The van der Waals surface area contributed by atoms with E-state index in [0.717, 1.165) is 8.84 Å². The van der Waals surface area contributed by atoms with E-state index in [9.17, 15) is 9.59 Å². The minimum absolute atomic E-state index is 0.171. The van der Waals surface area contributed by atoms with Gasteiger partial charge in [0.05, 0.1) is 0 Å². The molecule has 0 saturated heterocycles. The third-order valence-electron chi connectivity index (χ3n) is 1.20. The fourth-order valence-electron chi connectivity index (χ4n) is 0.669. The number of carboxylic acid groups (broad SMARTS) is 2. The van der Waals surface area contributed by atoms with Crippen LogP contribution in [0.25, 0.3) is 0 Å². The highest BCUT2D eigenvalue weighted by Crippen LogP contribution is 1.98. The summed E-state index contributed by atoms with van der Waals surface area (Å²) in [6, 6.07) is 0.